The highest BCUT2D eigenvalue weighted by Gasteiger charge is 2.22. The minimum absolute atomic E-state index is 0.154. The van der Waals surface area contributed by atoms with Crippen LogP contribution in [0.15, 0.2) is 65.7 Å². The molecule has 1 fully saturated rings. The van der Waals surface area contributed by atoms with Crippen LogP contribution in [0.4, 0.5) is 11.6 Å². The van der Waals surface area contributed by atoms with Gasteiger partial charge in [0.25, 0.3) is 0 Å². The smallest absolute Gasteiger partial charge is 0.341 e. The van der Waals surface area contributed by atoms with Crippen LogP contribution in [0.3, 0.4) is 0 Å². The first kappa shape index (κ1) is 26.6. The van der Waals surface area contributed by atoms with Crippen molar-refractivity contribution < 1.29 is 9.90 Å². The number of fused-ring (bicyclic) bond motifs is 1. The Morgan fingerprint density at radius 1 is 1.08 bits per heavy atom. The Labute approximate surface area is 228 Å². The van der Waals surface area contributed by atoms with Crippen molar-refractivity contribution in [2.45, 2.75) is 58.4 Å². The molecule has 0 aliphatic carbocycles. The number of carboxylic acids is 1. The molecular weight excluding hydrogens is 490 g/mol. The van der Waals surface area contributed by atoms with E-state index >= 15 is 0 Å². The third-order valence-corrected chi connectivity index (χ3v) is 7.63. The van der Waals surface area contributed by atoms with Crippen LogP contribution < -0.4 is 10.7 Å². The molecule has 8 nitrogen and oxygen atoms in total. The van der Waals surface area contributed by atoms with E-state index in [-0.39, 0.29) is 10.9 Å². The summed E-state index contributed by atoms with van der Waals surface area (Å²) >= 11 is 0. The highest BCUT2D eigenvalue weighted by atomic mass is 16.4. The van der Waals surface area contributed by atoms with Crippen molar-refractivity contribution in [1.82, 2.24) is 19.4 Å². The number of nitrogens with zero attached hydrogens (tertiary/aromatic N) is 4. The number of hydrogen-bond donors (Lipinski definition) is 2. The number of carboxylic acid groups (broad SMARTS) is 1. The standard InChI is InChI=1S/C31H35N5O3/c1-4-5-21-6-12-25(13-7-21)36-19-27(30(38)39)28(37)26-18-32-31(34-29(26)36)33-24-10-8-22(9-11-24)23-14-16-35(17-15-23)20(2)3/h6-13,18-20,23H,4-5,14-17H2,1-3H3,(H,38,39)(H,32,33,34). The third kappa shape index (κ3) is 5.71. The van der Waals surface area contributed by atoms with Gasteiger partial charge in [0, 0.05) is 29.8 Å². The fraction of sp³-hybridized carbons (Fsp3) is 0.355. The normalized spacial score (nSPS) is 14.7. The molecule has 0 amide bonds. The van der Waals surface area contributed by atoms with Gasteiger partial charge in [-0.25, -0.2) is 9.78 Å². The van der Waals surface area contributed by atoms with E-state index < -0.39 is 11.4 Å². The lowest BCUT2D eigenvalue weighted by molar-refractivity contribution is 0.0695. The number of nitrogens with one attached hydrogen (secondary N) is 1. The van der Waals surface area contributed by atoms with Crippen LogP contribution in [0, 0.1) is 0 Å². The van der Waals surface area contributed by atoms with Gasteiger partial charge in [0.05, 0.1) is 5.39 Å². The molecule has 0 saturated carbocycles. The Kier molecular flexibility index (Phi) is 7.74. The number of piperidine rings is 1. The molecule has 5 rings (SSSR count). The predicted molar refractivity (Wildman–Crippen MR) is 154 cm³/mol. The molecule has 4 aromatic rings. The monoisotopic (exact) mass is 525 g/mol. The van der Waals surface area contributed by atoms with Gasteiger partial charge < -0.3 is 19.9 Å². The Morgan fingerprint density at radius 3 is 2.38 bits per heavy atom. The fourth-order valence-electron chi connectivity index (χ4n) is 5.35. The maximum Gasteiger partial charge on any atom is 0.341 e. The van der Waals surface area contributed by atoms with Crippen LogP contribution in [-0.4, -0.2) is 49.6 Å². The van der Waals surface area contributed by atoms with Crippen molar-refractivity contribution in [3.63, 3.8) is 0 Å². The molecule has 2 N–H and O–H groups in total. The van der Waals surface area contributed by atoms with Gasteiger partial charge in [-0.1, -0.05) is 37.6 Å². The van der Waals surface area contributed by atoms with E-state index in [2.05, 4.69) is 53.1 Å². The molecule has 0 atom stereocenters. The Morgan fingerprint density at radius 2 is 1.77 bits per heavy atom. The number of likely N-dealkylation sites (tertiary alicyclic amines) is 1. The van der Waals surface area contributed by atoms with Gasteiger partial charge in [0.15, 0.2) is 5.65 Å². The molecule has 0 unspecified atom stereocenters. The summed E-state index contributed by atoms with van der Waals surface area (Å²) in [6.07, 6.45) is 7.06. The van der Waals surface area contributed by atoms with E-state index in [4.69, 9.17) is 0 Å². The molecule has 1 saturated heterocycles. The lowest BCUT2D eigenvalue weighted by Gasteiger charge is -2.34. The molecule has 2 aromatic heterocycles. The number of anilines is 2. The van der Waals surface area contributed by atoms with Crippen molar-refractivity contribution in [2.24, 2.45) is 0 Å². The highest BCUT2D eigenvalue weighted by molar-refractivity contribution is 5.92. The molecule has 39 heavy (non-hydrogen) atoms. The fourth-order valence-corrected chi connectivity index (χ4v) is 5.35. The summed E-state index contributed by atoms with van der Waals surface area (Å²) < 4.78 is 1.65. The van der Waals surface area contributed by atoms with E-state index in [1.165, 1.54) is 23.5 Å². The number of hydrogen-bond acceptors (Lipinski definition) is 6. The van der Waals surface area contributed by atoms with Crippen LogP contribution >= 0.6 is 0 Å². The summed E-state index contributed by atoms with van der Waals surface area (Å²) in [7, 11) is 0. The van der Waals surface area contributed by atoms with Gasteiger partial charge in [-0.3, -0.25) is 4.79 Å². The molecule has 202 valence electrons. The highest BCUT2D eigenvalue weighted by Crippen LogP contribution is 2.30. The van der Waals surface area contributed by atoms with E-state index in [1.54, 1.807) is 4.57 Å². The molecule has 1 aliphatic rings. The predicted octanol–water partition coefficient (Wildman–Crippen LogP) is 5.76. The summed E-state index contributed by atoms with van der Waals surface area (Å²) in [5.41, 5.74) is 3.52. The third-order valence-electron chi connectivity index (χ3n) is 7.63. The molecule has 2 aromatic carbocycles. The number of aromatic carboxylic acids is 1. The summed E-state index contributed by atoms with van der Waals surface area (Å²) in [6, 6.07) is 16.8. The van der Waals surface area contributed by atoms with Crippen molar-refractivity contribution in [1.29, 1.82) is 0 Å². The lowest BCUT2D eigenvalue weighted by atomic mass is 9.89. The number of benzene rings is 2. The SMILES string of the molecule is CCCc1ccc(-n2cc(C(=O)O)c(=O)c3cnc(Nc4ccc(C5CCN(C(C)C)CC5)cc4)nc32)cc1. The Bertz CT molecular complexity index is 1520. The molecule has 8 heteroatoms. The summed E-state index contributed by atoms with van der Waals surface area (Å²) in [5, 5.41) is 13.0. The first-order valence-corrected chi connectivity index (χ1v) is 13.7. The average molecular weight is 526 g/mol. The maximum absolute atomic E-state index is 12.9. The van der Waals surface area contributed by atoms with E-state index in [9.17, 15) is 14.7 Å². The second-order valence-electron chi connectivity index (χ2n) is 10.5. The number of carbonyl (C=O) groups is 1. The second-order valence-corrected chi connectivity index (χ2v) is 10.5. The van der Waals surface area contributed by atoms with E-state index in [0.29, 0.717) is 23.6 Å². The summed E-state index contributed by atoms with van der Waals surface area (Å²) in [5.74, 6) is -0.387. The average Bonchev–Trinajstić information content (AvgIpc) is 2.94. The van der Waals surface area contributed by atoms with Crippen LogP contribution in [0.1, 0.15) is 67.4 Å². The van der Waals surface area contributed by atoms with E-state index in [0.717, 1.165) is 50.1 Å². The molecule has 0 spiro atoms. The van der Waals surface area contributed by atoms with Gasteiger partial charge in [0.2, 0.25) is 11.4 Å². The zero-order valence-electron chi connectivity index (χ0n) is 22.7. The molecular formula is C31H35N5O3. The first-order valence-electron chi connectivity index (χ1n) is 13.7. The van der Waals surface area contributed by atoms with Crippen LogP contribution in [-0.2, 0) is 6.42 Å². The van der Waals surface area contributed by atoms with Crippen molar-refractivity contribution in [3.8, 4) is 5.69 Å². The Hall–Kier alpha value is -4.04. The molecule has 1 aliphatic heterocycles. The number of aromatic nitrogens is 3. The molecule has 0 radical (unpaired) electrons. The minimum atomic E-state index is -1.28. The minimum Gasteiger partial charge on any atom is -0.477 e. The second kappa shape index (κ2) is 11.4. The Balaban J connectivity index is 1.43. The maximum atomic E-state index is 12.9. The first-order chi connectivity index (χ1) is 18.8. The van der Waals surface area contributed by atoms with Crippen molar-refractivity contribution in [3.05, 3.63) is 87.8 Å². The van der Waals surface area contributed by atoms with Crippen molar-refractivity contribution in [2.75, 3.05) is 18.4 Å². The largest absolute Gasteiger partial charge is 0.477 e. The zero-order chi connectivity index (χ0) is 27.5. The van der Waals surface area contributed by atoms with Crippen LogP contribution in [0.5, 0.6) is 0 Å². The molecule has 3 heterocycles. The zero-order valence-corrected chi connectivity index (χ0v) is 22.7. The topological polar surface area (TPSA) is 100 Å². The van der Waals surface area contributed by atoms with Crippen molar-refractivity contribution >= 4 is 28.6 Å². The summed E-state index contributed by atoms with van der Waals surface area (Å²) in [6.45, 7) is 8.88. The number of rotatable bonds is 8. The van der Waals surface area contributed by atoms with Gasteiger partial charge in [-0.15, -0.1) is 0 Å². The lowest BCUT2D eigenvalue weighted by Crippen LogP contribution is -2.37. The van der Waals surface area contributed by atoms with Crippen LogP contribution in [0.2, 0.25) is 0 Å². The van der Waals surface area contributed by atoms with Gasteiger partial charge in [-0.2, -0.15) is 4.98 Å². The molecule has 0 bridgehead atoms. The van der Waals surface area contributed by atoms with E-state index in [1.807, 2.05) is 36.4 Å². The number of pyridine rings is 1. The summed E-state index contributed by atoms with van der Waals surface area (Å²) in [4.78, 5) is 36.2. The van der Waals surface area contributed by atoms with Gasteiger partial charge in [0.1, 0.15) is 5.56 Å². The van der Waals surface area contributed by atoms with Gasteiger partial charge >= 0.3 is 5.97 Å². The van der Waals surface area contributed by atoms with Crippen LogP contribution in [0.25, 0.3) is 16.7 Å². The van der Waals surface area contributed by atoms with Gasteiger partial charge in [-0.05, 0) is 87.5 Å². The quantitative estimate of drug-likeness (QED) is 0.302. The number of aryl methyl sites for hydroxylation is 1.